The third kappa shape index (κ3) is 3.23. The van der Waals surface area contributed by atoms with Crippen LogP contribution in [0, 0.1) is 6.92 Å². The molecule has 0 atom stereocenters. The summed E-state index contributed by atoms with van der Waals surface area (Å²) in [7, 11) is -3.45. The Hall–Kier alpha value is -1.66. The lowest BCUT2D eigenvalue weighted by atomic mass is 9.98. The minimum Gasteiger partial charge on any atom is -0.268 e. The molecule has 6 heteroatoms. The Kier molecular flexibility index (Phi) is 4.31. The molecular formula is C16H21N3O2S. The van der Waals surface area contributed by atoms with Crippen molar-refractivity contribution in [1.82, 2.24) is 14.5 Å². The second-order valence-electron chi connectivity index (χ2n) is 5.76. The molecule has 0 spiro atoms. The highest BCUT2D eigenvalue weighted by molar-refractivity contribution is 7.89. The lowest BCUT2D eigenvalue weighted by molar-refractivity contribution is 0.538. The van der Waals surface area contributed by atoms with E-state index in [-0.39, 0.29) is 0 Å². The first kappa shape index (κ1) is 15.2. The van der Waals surface area contributed by atoms with Crippen LogP contribution in [-0.2, 0) is 29.4 Å². The summed E-state index contributed by atoms with van der Waals surface area (Å²) in [6.45, 7) is 2.81. The van der Waals surface area contributed by atoms with Crippen LogP contribution in [0.3, 0.4) is 0 Å². The average Bonchev–Trinajstić information content (AvgIpc) is 2.91. The quantitative estimate of drug-likeness (QED) is 0.917. The number of nitrogens with zero attached hydrogens (tertiary/aromatic N) is 2. The van der Waals surface area contributed by atoms with Gasteiger partial charge in [0.15, 0.2) is 0 Å². The topological polar surface area (TPSA) is 64.0 Å². The van der Waals surface area contributed by atoms with Gasteiger partial charge in [0, 0.05) is 12.2 Å². The Balaban J connectivity index is 1.64. The molecule has 0 aliphatic heterocycles. The average molecular weight is 319 g/mol. The van der Waals surface area contributed by atoms with E-state index in [4.69, 9.17) is 0 Å². The van der Waals surface area contributed by atoms with Crippen molar-refractivity contribution in [3.63, 3.8) is 0 Å². The Morgan fingerprint density at radius 2 is 2.09 bits per heavy atom. The van der Waals surface area contributed by atoms with E-state index in [2.05, 4.69) is 9.82 Å². The lowest BCUT2D eigenvalue weighted by Gasteiger charge is -2.14. The van der Waals surface area contributed by atoms with E-state index in [0.717, 1.165) is 18.4 Å². The number of sulfonamides is 1. The van der Waals surface area contributed by atoms with Crippen LogP contribution in [0.4, 0.5) is 0 Å². The summed E-state index contributed by atoms with van der Waals surface area (Å²) in [6.07, 6.45) is 6.46. The summed E-state index contributed by atoms with van der Waals surface area (Å²) in [6, 6.07) is 6.94. The fourth-order valence-corrected chi connectivity index (χ4v) is 4.03. The minimum atomic E-state index is -3.45. The summed E-state index contributed by atoms with van der Waals surface area (Å²) in [5, 5.41) is 4.39. The summed E-state index contributed by atoms with van der Waals surface area (Å²) in [4.78, 5) is 0.315. The number of hydrogen-bond donors (Lipinski definition) is 1. The van der Waals surface area contributed by atoms with Gasteiger partial charge in [-0.3, -0.25) is 4.68 Å². The molecule has 2 aromatic rings. The number of fused-ring (bicyclic) bond motifs is 1. The molecule has 0 amide bonds. The number of aryl methyl sites for hydroxylation is 2. The first-order chi connectivity index (χ1) is 10.6. The van der Waals surface area contributed by atoms with E-state index in [1.165, 1.54) is 24.1 Å². The first-order valence-corrected chi connectivity index (χ1v) is 9.14. The van der Waals surface area contributed by atoms with E-state index >= 15 is 0 Å². The van der Waals surface area contributed by atoms with Gasteiger partial charge < -0.3 is 0 Å². The molecule has 0 fully saturated rings. The molecule has 1 aromatic heterocycles. The zero-order chi connectivity index (χ0) is 15.6. The zero-order valence-electron chi connectivity index (χ0n) is 12.7. The second kappa shape index (κ2) is 6.22. The fraction of sp³-hybridized carbons (Fsp3) is 0.438. The maximum atomic E-state index is 12.3. The molecule has 0 bridgehead atoms. The largest absolute Gasteiger partial charge is 0.268 e. The van der Waals surface area contributed by atoms with Crippen molar-refractivity contribution in [2.24, 2.45) is 0 Å². The van der Waals surface area contributed by atoms with Crippen LogP contribution in [-0.4, -0.2) is 24.7 Å². The normalized spacial score (nSPS) is 14.8. The van der Waals surface area contributed by atoms with Crippen molar-refractivity contribution in [3.05, 3.63) is 47.3 Å². The monoisotopic (exact) mass is 319 g/mol. The van der Waals surface area contributed by atoms with Crippen LogP contribution >= 0.6 is 0 Å². The van der Waals surface area contributed by atoms with Crippen molar-refractivity contribution in [2.45, 2.75) is 44.0 Å². The molecule has 22 heavy (non-hydrogen) atoms. The van der Waals surface area contributed by atoms with Crippen molar-refractivity contribution in [2.75, 3.05) is 6.54 Å². The SMILES string of the molecule is Cc1cccc(S(=O)(=O)NCCn2ncc3c2CCCC3)c1. The molecule has 1 N–H and O–H groups in total. The zero-order valence-corrected chi connectivity index (χ0v) is 13.6. The third-order valence-electron chi connectivity index (χ3n) is 4.06. The Bertz CT molecular complexity index is 765. The van der Waals surface area contributed by atoms with E-state index in [0.29, 0.717) is 18.0 Å². The molecule has 1 aliphatic rings. The molecular weight excluding hydrogens is 298 g/mol. The maximum Gasteiger partial charge on any atom is 0.240 e. The summed E-state index contributed by atoms with van der Waals surface area (Å²) >= 11 is 0. The van der Waals surface area contributed by atoms with Crippen LogP contribution in [0.5, 0.6) is 0 Å². The van der Waals surface area contributed by atoms with Crippen LogP contribution in [0.25, 0.3) is 0 Å². The van der Waals surface area contributed by atoms with Gasteiger partial charge in [-0.2, -0.15) is 5.10 Å². The van der Waals surface area contributed by atoms with Gasteiger partial charge in [0.2, 0.25) is 10.0 Å². The number of benzene rings is 1. The molecule has 1 heterocycles. The van der Waals surface area contributed by atoms with Crippen molar-refractivity contribution in [1.29, 1.82) is 0 Å². The Labute approximate surface area is 131 Å². The van der Waals surface area contributed by atoms with Crippen molar-refractivity contribution < 1.29 is 8.42 Å². The molecule has 0 unspecified atom stereocenters. The number of hydrogen-bond acceptors (Lipinski definition) is 3. The highest BCUT2D eigenvalue weighted by atomic mass is 32.2. The summed E-state index contributed by atoms with van der Waals surface area (Å²) in [5.41, 5.74) is 3.51. The van der Waals surface area contributed by atoms with Gasteiger partial charge in [0.05, 0.1) is 17.6 Å². The van der Waals surface area contributed by atoms with E-state index in [9.17, 15) is 8.42 Å². The van der Waals surface area contributed by atoms with Crippen LogP contribution in [0.15, 0.2) is 35.4 Å². The molecule has 0 radical (unpaired) electrons. The van der Waals surface area contributed by atoms with Gasteiger partial charge in [-0.1, -0.05) is 12.1 Å². The number of nitrogens with one attached hydrogen (secondary N) is 1. The standard InChI is InChI=1S/C16H21N3O2S/c1-13-5-4-7-15(11-13)22(20,21)18-9-10-19-16-8-3-2-6-14(16)12-17-19/h4-5,7,11-12,18H,2-3,6,8-10H2,1H3. The van der Waals surface area contributed by atoms with Gasteiger partial charge in [0.25, 0.3) is 0 Å². The van der Waals surface area contributed by atoms with Crippen LogP contribution < -0.4 is 4.72 Å². The van der Waals surface area contributed by atoms with Gasteiger partial charge in [0.1, 0.15) is 0 Å². The van der Waals surface area contributed by atoms with E-state index < -0.39 is 10.0 Å². The maximum absolute atomic E-state index is 12.3. The van der Waals surface area contributed by atoms with Crippen LogP contribution in [0.2, 0.25) is 0 Å². The molecule has 1 aromatic carbocycles. The van der Waals surface area contributed by atoms with Crippen LogP contribution in [0.1, 0.15) is 29.7 Å². The highest BCUT2D eigenvalue weighted by Crippen LogP contribution is 2.20. The molecule has 1 aliphatic carbocycles. The van der Waals surface area contributed by atoms with Crippen molar-refractivity contribution in [3.8, 4) is 0 Å². The molecule has 118 valence electrons. The predicted octanol–water partition coefficient (Wildman–Crippen LogP) is 2.05. The molecule has 0 saturated heterocycles. The smallest absolute Gasteiger partial charge is 0.240 e. The number of aromatic nitrogens is 2. The summed E-state index contributed by atoms with van der Waals surface area (Å²) < 4.78 is 29.1. The van der Waals surface area contributed by atoms with Gasteiger partial charge in [-0.25, -0.2) is 13.1 Å². The van der Waals surface area contributed by atoms with Crippen molar-refractivity contribution >= 4 is 10.0 Å². The third-order valence-corrected chi connectivity index (χ3v) is 5.52. The summed E-state index contributed by atoms with van der Waals surface area (Å²) in [5.74, 6) is 0. The first-order valence-electron chi connectivity index (χ1n) is 7.66. The number of rotatable bonds is 5. The second-order valence-corrected chi connectivity index (χ2v) is 7.53. The minimum absolute atomic E-state index is 0.315. The Morgan fingerprint density at radius 3 is 2.91 bits per heavy atom. The molecule has 3 rings (SSSR count). The van der Waals surface area contributed by atoms with E-state index in [1.807, 2.05) is 23.9 Å². The predicted molar refractivity (Wildman–Crippen MR) is 85.2 cm³/mol. The fourth-order valence-electron chi connectivity index (χ4n) is 2.90. The highest BCUT2D eigenvalue weighted by Gasteiger charge is 2.16. The molecule has 0 saturated carbocycles. The van der Waals surface area contributed by atoms with Gasteiger partial charge in [-0.05, 0) is 55.9 Å². The van der Waals surface area contributed by atoms with Gasteiger partial charge >= 0.3 is 0 Å². The lowest BCUT2D eigenvalue weighted by Crippen LogP contribution is -2.28. The van der Waals surface area contributed by atoms with E-state index in [1.54, 1.807) is 18.2 Å². The Morgan fingerprint density at radius 1 is 1.27 bits per heavy atom. The van der Waals surface area contributed by atoms with Gasteiger partial charge in [-0.15, -0.1) is 0 Å². The molecule has 5 nitrogen and oxygen atoms in total.